The van der Waals surface area contributed by atoms with Crippen LogP contribution < -0.4 is 5.32 Å². The highest BCUT2D eigenvalue weighted by molar-refractivity contribution is 9.10. The molecule has 0 aliphatic rings. The summed E-state index contributed by atoms with van der Waals surface area (Å²) >= 11 is 9.80. The number of hydrogen-bond acceptors (Lipinski definition) is 1. The monoisotopic (exact) mass is 317 g/mol. The molecule has 0 amide bonds. The summed E-state index contributed by atoms with van der Waals surface area (Å²) in [5.74, 6) is 0. The summed E-state index contributed by atoms with van der Waals surface area (Å²) in [7, 11) is 0. The molecule has 96 valence electrons. The van der Waals surface area contributed by atoms with Crippen molar-refractivity contribution < 1.29 is 0 Å². The molecule has 1 rings (SSSR count). The molecule has 0 aromatic heterocycles. The minimum Gasteiger partial charge on any atom is -0.310 e. The van der Waals surface area contributed by atoms with E-state index in [9.17, 15) is 0 Å². The highest BCUT2D eigenvalue weighted by Gasteiger charge is 2.13. The normalized spacial score (nSPS) is 12.7. The number of halogens is 2. The van der Waals surface area contributed by atoms with Crippen molar-refractivity contribution in [1.82, 2.24) is 5.32 Å². The van der Waals surface area contributed by atoms with E-state index in [1.165, 1.54) is 18.4 Å². The highest BCUT2D eigenvalue weighted by atomic mass is 79.9. The van der Waals surface area contributed by atoms with Crippen molar-refractivity contribution in [2.24, 2.45) is 0 Å². The highest BCUT2D eigenvalue weighted by Crippen LogP contribution is 2.29. The van der Waals surface area contributed by atoms with Gasteiger partial charge in [-0.2, -0.15) is 0 Å². The standard InChI is InChI=1S/C14H21BrClN/c1-3-5-6-14(17-9-4-2)12-10-11(15)7-8-13(12)16/h7-8,10,14,17H,3-6,9H2,1-2H3. The lowest BCUT2D eigenvalue weighted by atomic mass is 10.0. The van der Waals surface area contributed by atoms with Gasteiger partial charge in [-0.1, -0.05) is 54.2 Å². The van der Waals surface area contributed by atoms with Crippen LogP contribution in [0.15, 0.2) is 22.7 Å². The van der Waals surface area contributed by atoms with Crippen LogP contribution in [0.25, 0.3) is 0 Å². The largest absolute Gasteiger partial charge is 0.310 e. The van der Waals surface area contributed by atoms with Crippen molar-refractivity contribution >= 4 is 27.5 Å². The van der Waals surface area contributed by atoms with Crippen LogP contribution in [0.5, 0.6) is 0 Å². The zero-order chi connectivity index (χ0) is 12.7. The van der Waals surface area contributed by atoms with Crippen LogP contribution in [-0.4, -0.2) is 6.54 Å². The summed E-state index contributed by atoms with van der Waals surface area (Å²) in [5, 5.41) is 4.44. The van der Waals surface area contributed by atoms with Crippen molar-refractivity contribution in [3.05, 3.63) is 33.3 Å². The molecular formula is C14H21BrClN. The van der Waals surface area contributed by atoms with Gasteiger partial charge >= 0.3 is 0 Å². The van der Waals surface area contributed by atoms with Crippen LogP contribution >= 0.6 is 27.5 Å². The van der Waals surface area contributed by atoms with Crippen LogP contribution in [0.1, 0.15) is 51.1 Å². The van der Waals surface area contributed by atoms with E-state index in [0.29, 0.717) is 6.04 Å². The van der Waals surface area contributed by atoms with E-state index >= 15 is 0 Å². The Morgan fingerprint density at radius 3 is 2.71 bits per heavy atom. The molecule has 0 bridgehead atoms. The molecule has 1 N–H and O–H groups in total. The molecule has 1 nitrogen and oxygen atoms in total. The van der Waals surface area contributed by atoms with Gasteiger partial charge in [-0.05, 0) is 43.1 Å². The fourth-order valence-electron chi connectivity index (χ4n) is 1.88. The van der Waals surface area contributed by atoms with Gasteiger partial charge in [0.15, 0.2) is 0 Å². The summed E-state index contributed by atoms with van der Waals surface area (Å²) in [6, 6.07) is 6.46. The Kier molecular flexibility index (Phi) is 7.17. The van der Waals surface area contributed by atoms with E-state index in [-0.39, 0.29) is 0 Å². The lowest BCUT2D eigenvalue weighted by molar-refractivity contribution is 0.481. The average molecular weight is 319 g/mol. The molecule has 1 aromatic rings. The molecule has 1 aromatic carbocycles. The third-order valence-corrected chi connectivity index (χ3v) is 3.66. The minimum absolute atomic E-state index is 0.375. The van der Waals surface area contributed by atoms with Gasteiger partial charge in [0.1, 0.15) is 0 Å². The molecule has 17 heavy (non-hydrogen) atoms. The Morgan fingerprint density at radius 1 is 1.29 bits per heavy atom. The predicted molar refractivity (Wildman–Crippen MR) is 79.7 cm³/mol. The van der Waals surface area contributed by atoms with E-state index in [1.54, 1.807) is 0 Å². The summed E-state index contributed by atoms with van der Waals surface area (Å²) in [6.45, 7) is 5.45. The molecule has 0 radical (unpaired) electrons. The van der Waals surface area contributed by atoms with Gasteiger partial charge in [0.25, 0.3) is 0 Å². The maximum Gasteiger partial charge on any atom is 0.0454 e. The second-order valence-electron chi connectivity index (χ2n) is 4.31. The molecule has 0 saturated heterocycles. The number of unbranched alkanes of at least 4 members (excludes halogenated alkanes) is 1. The van der Waals surface area contributed by atoms with Gasteiger partial charge in [0.2, 0.25) is 0 Å². The Labute approximate surface area is 118 Å². The van der Waals surface area contributed by atoms with Gasteiger partial charge < -0.3 is 5.32 Å². The number of benzene rings is 1. The molecule has 3 heteroatoms. The third-order valence-electron chi connectivity index (χ3n) is 2.82. The number of hydrogen-bond donors (Lipinski definition) is 1. The quantitative estimate of drug-likeness (QED) is 0.716. The van der Waals surface area contributed by atoms with Crippen LogP contribution in [0, 0.1) is 0 Å². The van der Waals surface area contributed by atoms with E-state index < -0.39 is 0 Å². The van der Waals surface area contributed by atoms with Gasteiger partial charge in [-0.25, -0.2) is 0 Å². The summed E-state index contributed by atoms with van der Waals surface area (Å²) < 4.78 is 1.09. The molecule has 0 aliphatic heterocycles. The first-order valence-corrected chi connectivity index (χ1v) is 7.54. The van der Waals surface area contributed by atoms with E-state index in [4.69, 9.17) is 11.6 Å². The Balaban J connectivity index is 2.82. The molecule has 1 atom stereocenters. The van der Waals surface area contributed by atoms with Crippen LogP contribution in [0.3, 0.4) is 0 Å². The maximum atomic E-state index is 6.29. The molecule has 1 unspecified atom stereocenters. The van der Waals surface area contributed by atoms with E-state index in [1.807, 2.05) is 12.1 Å². The minimum atomic E-state index is 0.375. The average Bonchev–Trinajstić information content (AvgIpc) is 2.33. The van der Waals surface area contributed by atoms with Gasteiger partial charge in [-0.3, -0.25) is 0 Å². The molecular weight excluding hydrogens is 298 g/mol. The fourth-order valence-corrected chi connectivity index (χ4v) is 2.50. The van der Waals surface area contributed by atoms with Crippen molar-refractivity contribution in [1.29, 1.82) is 0 Å². The second kappa shape index (κ2) is 8.12. The first-order chi connectivity index (χ1) is 8.19. The first-order valence-electron chi connectivity index (χ1n) is 6.37. The SMILES string of the molecule is CCCCC(NCCC)c1cc(Br)ccc1Cl. The third kappa shape index (κ3) is 4.99. The zero-order valence-electron chi connectivity index (χ0n) is 10.6. The van der Waals surface area contributed by atoms with E-state index in [2.05, 4.69) is 41.2 Å². The van der Waals surface area contributed by atoms with Crippen LogP contribution in [-0.2, 0) is 0 Å². The topological polar surface area (TPSA) is 12.0 Å². The van der Waals surface area contributed by atoms with Crippen molar-refractivity contribution in [3.63, 3.8) is 0 Å². The Bertz CT molecular complexity index is 333. The Morgan fingerprint density at radius 2 is 2.06 bits per heavy atom. The number of nitrogens with one attached hydrogen (secondary N) is 1. The van der Waals surface area contributed by atoms with E-state index in [0.717, 1.165) is 28.9 Å². The lowest BCUT2D eigenvalue weighted by Crippen LogP contribution is -2.22. The van der Waals surface area contributed by atoms with Crippen LogP contribution in [0.4, 0.5) is 0 Å². The van der Waals surface area contributed by atoms with Gasteiger partial charge in [-0.15, -0.1) is 0 Å². The number of rotatable bonds is 7. The van der Waals surface area contributed by atoms with Crippen molar-refractivity contribution in [2.45, 2.75) is 45.6 Å². The second-order valence-corrected chi connectivity index (χ2v) is 5.64. The first kappa shape index (κ1) is 15.0. The Hall–Kier alpha value is -0.0500. The molecule has 0 fully saturated rings. The fraction of sp³-hybridized carbons (Fsp3) is 0.571. The van der Waals surface area contributed by atoms with Gasteiger partial charge in [0.05, 0.1) is 0 Å². The lowest BCUT2D eigenvalue weighted by Gasteiger charge is -2.20. The molecule has 0 aliphatic carbocycles. The summed E-state index contributed by atoms with van der Waals surface area (Å²) in [6.07, 6.45) is 4.74. The molecule has 0 saturated carbocycles. The molecule has 0 spiro atoms. The maximum absolute atomic E-state index is 6.29. The van der Waals surface area contributed by atoms with Crippen LogP contribution in [0.2, 0.25) is 5.02 Å². The summed E-state index contributed by atoms with van der Waals surface area (Å²) in [5.41, 5.74) is 1.21. The predicted octanol–water partition coefficient (Wildman–Crippen LogP) is 5.33. The van der Waals surface area contributed by atoms with Gasteiger partial charge in [0, 0.05) is 15.5 Å². The zero-order valence-corrected chi connectivity index (χ0v) is 12.9. The smallest absolute Gasteiger partial charge is 0.0454 e. The van der Waals surface area contributed by atoms with Crippen molar-refractivity contribution in [2.75, 3.05) is 6.54 Å². The molecule has 0 heterocycles. The van der Waals surface area contributed by atoms with Crippen molar-refractivity contribution in [3.8, 4) is 0 Å². The summed E-state index contributed by atoms with van der Waals surface area (Å²) in [4.78, 5) is 0.